The number of anilines is 1. The molecule has 0 aliphatic heterocycles. The van der Waals surface area contributed by atoms with Crippen molar-refractivity contribution in [3.05, 3.63) is 10.5 Å². The van der Waals surface area contributed by atoms with E-state index in [-0.39, 0.29) is 0 Å². The Morgan fingerprint density at radius 2 is 2.25 bits per heavy atom. The molecule has 1 aliphatic carbocycles. The lowest BCUT2D eigenvalue weighted by Gasteiger charge is -2.21. The van der Waals surface area contributed by atoms with Crippen LogP contribution < -0.4 is 5.32 Å². The van der Waals surface area contributed by atoms with Gasteiger partial charge in [-0.1, -0.05) is 30.9 Å². The van der Waals surface area contributed by atoms with Crippen molar-refractivity contribution in [1.29, 1.82) is 0 Å². The first-order chi connectivity index (χ1) is 7.84. The van der Waals surface area contributed by atoms with Gasteiger partial charge in [-0.2, -0.15) is 0 Å². The van der Waals surface area contributed by atoms with E-state index in [9.17, 15) is 0 Å². The molecular weight excluding hydrogens is 244 g/mol. The summed E-state index contributed by atoms with van der Waals surface area (Å²) in [6.45, 7) is 1.56. The lowest BCUT2D eigenvalue weighted by atomic mass is 9.98. The average Bonchev–Trinajstić information content (AvgIpc) is 2.72. The number of hydrogen-bond donors (Lipinski definition) is 1. The molecule has 0 radical (unpaired) electrons. The van der Waals surface area contributed by atoms with Gasteiger partial charge in [0.1, 0.15) is 5.15 Å². The van der Waals surface area contributed by atoms with Crippen LogP contribution in [-0.2, 0) is 4.74 Å². The summed E-state index contributed by atoms with van der Waals surface area (Å²) in [7, 11) is 0. The van der Waals surface area contributed by atoms with Crippen LogP contribution in [0.3, 0.4) is 0 Å². The summed E-state index contributed by atoms with van der Waals surface area (Å²) < 4.78 is 5.79. The number of halogens is 1. The summed E-state index contributed by atoms with van der Waals surface area (Å²) in [5.41, 5.74) is 0. The Bertz CT molecular complexity index is 313. The summed E-state index contributed by atoms with van der Waals surface area (Å²) in [6.07, 6.45) is 6.94. The molecule has 0 spiro atoms. The van der Waals surface area contributed by atoms with Gasteiger partial charge in [-0.15, -0.1) is 11.3 Å². The Labute approximate surface area is 105 Å². The molecule has 16 heavy (non-hydrogen) atoms. The molecule has 1 N–H and O–H groups in total. The second-order valence-electron chi connectivity index (χ2n) is 4.03. The molecule has 1 fully saturated rings. The maximum Gasteiger partial charge on any atom is 0.184 e. The van der Waals surface area contributed by atoms with Crippen LogP contribution >= 0.6 is 22.9 Å². The van der Waals surface area contributed by atoms with Crippen LogP contribution in [0.4, 0.5) is 5.13 Å². The van der Waals surface area contributed by atoms with Crippen molar-refractivity contribution in [2.45, 2.75) is 38.2 Å². The first-order valence-corrected chi connectivity index (χ1v) is 7.07. The van der Waals surface area contributed by atoms with Crippen molar-refractivity contribution < 1.29 is 4.74 Å². The van der Waals surface area contributed by atoms with E-state index in [0.29, 0.717) is 11.3 Å². The van der Waals surface area contributed by atoms with Crippen LogP contribution in [-0.4, -0.2) is 24.2 Å². The fourth-order valence-electron chi connectivity index (χ4n) is 1.95. The highest BCUT2D eigenvalue weighted by Crippen LogP contribution is 2.20. The number of nitrogens with zero attached hydrogens (tertiary/aromatic N) is 1. The van der Waals surface area contributed by atoms with Gasteiger partial charge in [0.2, 0.25) is 0 Å². The number of rotatable bonds is 5. The first-order valence-electron chi connectivity index (χ1n) is 5.81. The average molecular weight is 261 g/mol. The first kappa shape index (κ1) is 12.1. The molecule has 0 saturated heterocycles. The van der Waals surface area contributed by atoms with Crippen LogP contribution in [0.5, 0.6) is 0 Å². The van der Waals surface area contributed by atoms with E-state index < -0.39 is 0 Å². The van der Waals surface area contributed by atoms with Gasteiger partial charge in [0.05, 0.1) is 12.7 Å². The van der Waals surface area contributed by atoms with E-state index in [4.69, 9.17) is 16.3 Å². The minimum Gasteiger partial charge on any atom is -0.376 e. The van der Waals surface area contributed by atoms with Crippen molar-refractivity contribution in [3.8, 4) is 0 Å². The predicted molar refractivity (Wildman–Crippen MR) is 68.4 cm³/mol. The predicted octanol–water partition coefficient (Wildman–Crippen LogP) is 3.56. The van der Waals surface area contributed by atoms with E-state index >= 15 is 0 Å². The lowest BCUT2D eigenvalue weighted by molar-refractivity contribution is 0.0347. The quantitative estimate of drug-likeness (QED) is 0.822. The molecule has 2 rings (SSSR count). The summed E-state index contributed by atoms with van der Waals surface area (Å²) in [5, 5.41) is 6.46. The minimum absolute atomic E-state index is 0.482. The van der Waals surface area contributed by atoms with E-state index in [1.807, 2.05) is 5.38 Å². The third kappa shape index (κ3) is 3.92. The van der Waals surface area contributed by atoms with Crippen molar-refractivity contribution in [1.82, 2.24) is 4.98 Å². The van der Waals surface area contributed by atoms with Crippen molar-refractivity contribution in [2.24, 2.45) is 0 Å². The molecule has 1 heterocycles. The van der Waals surface area contributed by atoms with Gasteiger partial charge in [-0.05, 0) is 12.8 Å². The molecule has 0 atom stereocenters. The smallest absolute Gasteiger partial charge is 0.184 e. The third-order valence-electron chi connectivity index (χ3n) is 2.76. The highest BCUT2D eigenvalue weighted by molar-refractivity contribution is 7.14. The second kappa shape index (κ2) is 6.42. The van der Waals surface area contributed by atoms with Crippen LogP contribution in [0.25, 0.3) is 0 Å². The van der Waals surface area contributed by atoms with E-state index in [0.717, 1.165) is 18.3 Å². The number of aromatic nitrogens is 1. The summed E-state index contributed by atoms with van der Waals surface area (Å²) in [6, 6.07) is 0. The lowest BCUT2D eigenvalue weighted by Crippen LogP contribution is -2.20. The molecule has 0 amide bonds. The maximum absolute atomic E-state index is 5.79. The fraction of sp³-hybridized carbons (Fsp3) is 0.727. The van der Waals surface area contributed by atoms with E-state index in [2.05, 4.69) is 10.3 Å². The highest BCUT2D eigenvalue weighted by Gasteiger charge is 2.12. The Kier molecular flexibility index (Phi) is 4.88. The van der Waals surface area contributed by atoms with Gasteiger partial charge in [-0.25, -0.2) is 4.98 Å². The molecule has 1 saturated carbocycles. The summed E-state index contributed by atoms with van der Waals surface area (Å²) in [4.78, 5) is 4.11. The summed E-state index contributed by atoms with van der Waals surface area (Å²) in [5.74, 6) is 0. The molecule has 0 unspecified atom stereocenters. The van der Waals surface area contributed by atoms with E-state index in [1.54, 1.807) is 0 Å². The zero-order valence-corrected chi connectivity index (χ0v) is 10.8. The van der Waals surface area contributed by atoms with Gasteiger partial charge < -0.3 is 10.1 Å². The molecule has 0 bridgehead atoms. The SMILES string of the molecule is Clc1csc(NCCOC2CCCCC2)n1. The second-order valence-corrected chi connectivity index (χ2v) is 5.28. The van der Waals surface area contributed by atoms with Crippen molar-refractivity contribution in [2.75, 3.05) is 18.5 Å². The number of thiazole rings is 1. The molecular formula is C11H17ClN2OS. The Hall–Kier alpha value is -0.320. The minimum atomic E-state index is 0.482. The molecule has 90 valence electrons. The van der Waals surface area contributed by atoms with Crippen molar-refractivity contribution in [3.63, 3.8) is 0 Å². The number of ether oxygens (including phenoxy) is 1. The Balaban J connectivity index is 1.57. The Morgan fingerprint density at radius 3 is 2.94 bits per heavy atom. The number of nitrogens with one attached hydrogen (secondary N) is 1. The van der Waals surface area contributed by atoms with Gasteiger partial charge in [0.25, 0.3) is 0 Å². The van der Waals surface area contributed by atoms with Gasteiger partial charge in [0, 0.05) is 11.9 Å². The zero-order valence-electron chi connectivity index (χ0n) is 9.25. The maximum atomic E-state index is 5.79. The monoisotopic (exact) mass is 260 g/mol. The molecule has 1 aliphatic rings. The third-order valence-corrected chi connectivity index (χ3v) is 3.88. The van der Waals surface area contributed by atoms with Crippen LogP contribution in [0.15, 0.2) is 5.38 Å². The Morgan fingerprint density at radius 1 is 1.44 bits per heavy atom. The molecule has 1 aromatic rings. The topological polar surface area (TPSA) is 34.1 Å². The number of hydrogen-bond acceptors (Lipinski definition) is 4. The molecule has 0 aromatic carbocycles. The van der Waals surface area contributed by atoms with Crippen LogP contribution in [0.2, 0.25) is 5.15 Å². The summed E-state index contributed by atoms with van der Waals surface area (Å²) >= 11 is 7.25. The fourth-order valence-corrected chi connectivity index (χ4v) is 2.82. The van der Waals surface area contributed by atoms with E-state index in [1.165, 1.54) is 43.4 Å². The molecule has 5 heteroatoms. The largest absolute Gasteiger partial charge is 0.376 e. The van der Waals surface area contributed by atoms with Gasteiger partial charge in [-0.3, -0.25) is 0 Å². The highest BCUT2D eigenvalue weighted by atomic mass is 35.5. The van der Waals surface area contributed by atoms with Crippen molar-refractivity contribution >= 4 is 28.1 Å². The molecule has 3 nitrogen and oxygen atoms in total. The molecule has 1 aromatic heterocycles. The zero-order chi connectivity index (χ0) is 11.2. The van der Waals surface area contributed by atoms with Gasteiger partial charge in [0.15, 0.2) is 5.13 Å². The standard InChI is InChI=1S/C11H17ClN2OS/c12-10-8-16-11(14-10)13-6-7-15-9-4-2-1-3-5-9/h8-9H,1-7H2,(H,13,14). The van der Waals surface area contributed by atoms with Crippen LogP contribution in [0.1, 0.15) is 32.1 Å². The van der Waals surface area contributed by atoms with Gasteiger partial charge >= 0.3 is 0 Å². The van der Waals surface area contributed by atoms with Crippen LogP contribution in [0, 0.1) is 0 Å². The normalized spacial score (nSPS) is 17.6.